The Bertz CT molecular complexity index is 1150. The molecule has 1 aliphatic rings. The van der Waals surface area contributed by atoms with E-state index < -0.39 is 0 Å². The van der Waals surface area contributed by atoms with Crippen molar-refractivity contribution >= 4 is 34.8 Å². The molecule has 3 aromatic carbocycles. The second-order valence-electron chi connectivity index (χ2n) is 8.13. The zero-order valence-electron chi connectivity index (χ0n) is 18.4. The van der Waals surface area contributed by atoms with E-state index in [0.717, 1.165) is 16.0 Å². The van der Waals surface area contributed by atoms with Crippen LogP contribution in [-0.2, 0) is 9.59 Å². The van der Waals surface area contributed by atoms with Crippen LogP contribution in [0.3, 0.4) is 0 Å². The van der Waals surface area contributed by atoms with Crippen molar-refractivity contribution in [3.05, 3.63) is 94.9 Å². The van der Waals surface area contributed by atoms with E-state index in [1.54, 1.807) is 24.3 Å². The fraction of sp³-hybridized carbons (Fsp3) is 0.185. The molecule has 4 nitrogen and oxygen atoms in total. The second-order valence-corrected chi connectivity index (χ2v) is 9.21. The van der Waals surface area contributed by atoms with Gasteiger partial charge in [-0.25, -0.2) is 4.90 Å². The van der Waals surface area contributed by atoms with E-state index in [9.17, 15) is 9.59 Å². The van der Waals surface area contributed by atoms with Gasteiger partial charge in [0.1, 0.15) is 5.75 Å². The third kappa shape index (κ3) is 4.63. The zero-order valence-corrected chi connectivity index (χ0v) is 19.2. The van der Waals surface area contributed by atoms with Gasteiger partial charge in [0.15, 0.2) is 0 Å². The number of carbonyl (C=O) groups excluding carboxylic acids is 2. The van der Waals surface area contributed by atoms with Gasteiger partial charge < -0.3 is 4.74 Å². The monoisotopic (exact) mass is 443 g/mol. The first-order valence-electron chi connectivity index (χ1n) is 10.6. The molecule has 0 unspecified atom stereocenters. The predicted octanol–water partition coefficient (Wildman–Crippen LogP) is 6.11. The lowest BCUT2D eigenvalue weighted by molar-refractivity contribution is -0.119. The summed E-state index contributed by atoms with van der Waals surface area (Å²) in [4.78, 5) is 29.6. The Hall–Kier alpha value is -3.31. The molecule has 162 valence electrons. The van der Waals surface area contributed by atoms with E-state index in [2.05, 4.69) is 13.8 Å². The first-order chi connectivity index (χ1) is 15.4. The molecule has 1 aliphatic heterocycles. The molecule has 0 N–H and O–H groups in total. The second kappa shape index (κ2) is 9.45. The third-order valence-corrected chi connectivity index (χ3v) is 6.11. The molecule has 4 rings (SSSR count). The lowest BCUT2D eigenvalue weighted by Crippen LogP contribution is -2.31. The summed E-state index contributed by atoms with van der Waals surface area (Å²) in [7, 11) is 0. The summed E-state index contributed by atoms with van der Waals surface area (Å²) >= 11 is 1.33. The standard InChI is InChI=1S/C27H25NO3S/c1-18(2)17-31-22-15-13-21(14-16-22)28-26(29)24(20-11-9-19(3)10-12-20)25(27(28)30)32-23-7-5-4-6-8-23/h4-16,18H,17H2,1-3H3. The van der Waals surface area contributed by atoms with Crippen molar-refractivity contribution in [2.45, 2.75) is 25.7 Å². The Labute approximate surface area is 192 Å². The fourth-order valence-corrected chi connectivity index (χ4v) is 4.39. The SMILES string of the molecule is Cc1ccc(C2=C(Sc3ccccc3)C(=O)N(c3ccc(OCC(C)C)cc3)C2=O)cc1. The maximum atomic E-state index is 13.5. The van der Waals surface area contributed by atoms with Gasteiger partial charge >= 0.3 is 0 Å². The van der Waals surface area contributed by atoms with Crippen LogP contribution in [0.5, 0.6) is 5.75 Å². The van der Waals surface area contributed by atoms with Crippen LogP contribution < -0.4 is 9.64 Å². The maximum absolute atomic E-state index is 13.5. The molecule has 1 heterocycles. The van der Waals surface area contributed by atoms with Crippen LogP contribution in [0.15, 0.2) is 88.7 Å². The van der Waals surface area contributed by atoms with E-state index in [1.165, 1.54) is 16.7 Å². The van der Waals surface area contributed by atoms with Crippen LogP contribution in [0.1, 0.15) is 25.0 Å². The van der Waals surface area contributed by atoms with Crippen molar-refractivity contribution in [3.8, 4) is 5.75 Å². The molecule has 0 aliphatic carbocycles. The van der Waals surface area contributed by atoms with Gasteiger partial charge in [-0.3, -0.25) is 9.59 Å². The van der Waals surface area contributed by atoms with Gasteiger partial charge in [0.25, 0.3) is 11.8 Å². The van der Waals surface area contributed by atoms with Gasteiger partial charge in [0.05, 0.1) is 22.8 Å². The number of hydrogen-bond donors (Lipinski definition) is 0. The van der Waals surface area contributed by atoms with Crippen LogP contribution in [0.4, 0.5) is 5.69 Å². The minimum absolute atomic E-state index is 0.310. The average molecular weight is 444 g/mol. The van der Waals surface area contributed by atoms with Crippen molar-refractivity contribution < 1.29 is 14.3 Å². The van der Waals surface area contributed by atoms with E-state index in [4.69, 9.17) is 4.74 Å². The van der Waals surface area contributed by atoms with Gasteiger partial charge in [-0.1, -0.05) is 73.6 Å². The molecule has 2 amide bonds. The molecule has 0 spiro atoms. The third-order valence-electron chi connectivity index (χ3n) is 5.02. The molecule has 0 fully saturated rings. The number of carbonyl (C=O) groups is 2. The molecule has 0 bridgehead atoms. The minimum atomic E-state index is -0.312. The van der Waals surface area contributed by atoms with Crippen molar-refractivity contribution in [2.24, 2.45) is 5.92 Å². The molecule has 32 heavy (non-hydrogen) atoms. The number of amides is 2. The smallest absolute Gasteiger partial charge is 0.272 e. The van der Waals surface area contributed by atoms with E-state index >= 15 is 0 Å². The lowest BCUT2D eigenvalue weighted by atomic mass is 10.0. The minimum Gasteiger partial charge on any atom is -0.493 e. The average Bonchev–Trinajstić information content (AvgIpc) is 3.03. The molecular formula is C27H25NO3S. The highest BCUT2D eigenvalue weighted by Gasteiger charge is 2.40. The van der Waals surface area contributed by atoms with Gasteiger partial charge in [-0.15, -0.1) is 0 Å². The van der Waals surface area contributed by atoms with Crippen molar-refractivity contribution in [1.29, 1.82) is 0 Å². The van der Waals surface area contributed by atoms with Crippen LogP contribution >= 0.6 is 11.8 Å². The van der Waals surface area contributed by atoms with Crippen LogP contribution in [0.2, 0.25) is 0 Å². The molecule has 3 aromatic rings. The van der Waals surface area contributed by atoms with E-state index in [-0.39, 0.29) is 11.8 Å². The number of thioether (sulfide) groups is 1. The molecule has 5 heteroatoms. The highest BCUT2D eigenvalue weighted by atomic mass is 32.2. The summed E-state index contributed by atoms with van der Waals surface area (Å²) in [5, 5.41) is 0. The van der Waals surface area contributed by atoms with Crippen LogP contribution in [0, 0.1) is 12.8 Å². The number of imide groups is 1. The number of hydrogen-bond acceptors (Lipinski definition) is 4. The van der Waals surface area contributed by atoms with Crippen molar-refractivity contribution in [2.75, 3.05) is 11.5 Å². The Morgan fingerprint density at radius 1 is 0.844 bits per heavy atom. The number of aryl methyl sites for hydroxylation is 1. The van der Waals surface area contributed by atoms with Crippen LogP contribution in [0.25, 0.3) is 5.57 Å². The summed E-state index contributed by atoms with van der Waals surface area (Å²) in [6.07, 6.45) is 0. The summed E-state index contributed by atoms with van der Waals surface area (Å²) in [5.74, 6) is 0.505. The first-order valence-corrected chi connectivity index (χ1v) is 11.4. The van der Waals surface area contributed by atoms with Gasteiger partial charge in [0.2, 0.25) is 0 Å². The maximum Gasteiger partial charge on any atom is 0.272 e. The molecular weight excluding hydrogens is 418 g/mol. The van der Waals surface area contributed by atoms with E-state index in [1.807, 2.05) is 61.5 Å². The Kier molecular flexibility index (Phi) is 6.47. The molecule has 0 atom stereocenters. The molecule has 0 saturated heterocycles. The number of ether oxygens (including phenoxy) is 1. The van der Waals surface area contributed by atoms with Crippen molar-refractivity contribution in [1.82, 2.24) is 0 Å². The predicted molar refractivity (Wildman–Crippen MR) is 130 cm³/mol. The molecule has 0 aromatic heterocycles. The van der Waals surface area contributed by atoms with Crippen molar-refractivity contribution in [3.63, 3.8) is 0 Å². The summed E-state index contributed by atoms with van der Waals surface area (Å²) in [5.41, 5.74) is 2.80. The summed E-state index contributed by atoms with van der Waals surface area (Å²) < 4.78 is 5.74. The van der Waals surface area contributed by atoms with E-state index in [0.29, 0.717) is 34.4 Å². The van der Waals surface area contributed by atoms with Gasteiger partial charge in [-0.2, -0.15) is 0 Å². The first kappa shape index (κ1) is 21.9. The van der Waals surface area contributed by atoms with Crippen LogP contribution in [-0.4, -0.2) is 18.4 Å². The molecule has 0 radical (unpaired) electrons. The lowest BCUT2D eigenvalue weighted by Gasteiger charge is -2.16. The number of rotatable bonds is 7. The zero-order chi connectivity index (χ0) is 22.7. The van der Waals surface area contributed by atoms with Gasteiger partial charge in [-0.05, 0) is 54.8 Å². The highest BCUT2D eigenvalue weighted by Crippen LogP contribution is 2.41. The molecule has 0 saturated carbocycles. The number of benzene rings is 3. The highest BCUT2D eigenvalue weighted by molar-refractivity contribution is 8.04. The Morgan fingerprint density at radius 2 is 1.50 bits per heavy atom. The summed E-state index contributed by atoms with van der Waals surface area (Å²) in [6, 6.07) is 24.4. The quantitative estimate of drug-likeness (QED) is 0.414. The topological polar surface area (TPSA) is 46.6 Å². The Morgan fingerprint density at radius 3 is 2.12 bits per heavy atom. The van der Waals surface area contributed by atoms with Gasteiger partial charge in [0, 0.05) is 4.90 Å². The Balaban J connectivity index is 1.69. The fourth-order valence-electron chi connectivity index (χ4n) is 3.37. The number of anilines is 1. The number of nitrogens with zero attached hydrogens (tertiary/aromatic N) is 1. The normalized spacial score (nSPS) is 13.9. The summed E-state index contributed by atoms with van der Waals surface area (Å²) in [6.45, 7) is 6.77. The largest absolute Gasteiger partial charge is 0.493 e.